The van der Waals surface area contributed by atoms with Crippen LogP contribution in [0.2, 0.25) is 0 Å². The molecule has 0 saturated carbocycles. The van der Waals surface area contributed by atoms with Crippen LogP contribution >= 0.6 is 12.6 Å². The highest BCUT2D eigenvalue weighted by Crippen LogP contribution is 2.20. The fourth-order valence-electron chi connectivity index (χ4n) is 1.44. The Morgan fingerprint density at radius 3 is 2.08 bits per heavy atom. The van der Waals surface area contributed by atoms with Gasteiger partial charge in [-0.15, -0.1) is 0 Å². The van der Waals surface area contributed by atoms with Crippen LogP contribution in [0.15, 0.2) is 0 Å². The Kier molecular flexibility index (Phi) is 6.06. The van der Waals surface area contributed by atoms with Gasteiger partial charge in [0, 0.05) is 6.42 Å². The zero-order valence-corrected chi connectivity index (χ0v) is 10.8. The second-order valence-electron chi connectivity index (χ2n) is 5.13. The van der Waals surface area contributed by atoms with Crippen molar-refractivity contribution in [3.63, 3.8) is 0 Å². The molecule has 0 aliphatic heterocycles. The molecule has 1 nitrogen and oxygen atoms in total. The minimum absolute atomic E-state index is 0.797. The van der Waals surface area contributed by atoms with E-state index in [4.69, 9.17) is 0 Å². The smallest absolute Gasteiger partial charge is 0.0783 e. The van der Waals surface area contributed by atoms with E-state index in [2.05, 4.69) is 47.6 Å². The third-order valence-electron chi connectivity index (χ3n) is 2.85. The van der Waals surface area contributed by atoms with Crippen molar-refractivity contribution in [1.29, 1.82) is 0 Å². The summed E-state index contributed by atoms with van der Waals surface area (Å²) in [4.78, 5) is 0. The minimum atomic E-state index is 0.797. The van der Waals surface area contributed by atoms with Crippen LogP contribution in [0.3, 0.4) is 0 Å². The largest absolute Gasteiger partial charge is 0.331 e. The lowest BCUT2D eigenvalue weighted by atomic mass is 9.90. The van der Waals surface area contributed by atoms with Gasteiger partial charge in [0.25, 0.3) is 0 Å². The quantitative estimate of drug-likeness (QED) is 0.499. The molecule has 0 heterocycles. The molecule has 13 heavy (non-hydrogen) atoms. The molecule has 0 spiro atoms. The fraction of sp³-hybridized carbons (Fsp3) is 1.00. The predicted octanol–water partition coefficient (Wildman–Crippen LogP) is 2.67. The van der Waals surface area contributed by atoms with Crippen LogP contribution in [0, 0.1) is 11.8 Å². The van der Waals surface area contributed by atoms with E-state index < -0.39 is 0 Å². The van der Waals surface area contributed by atoms with Crippen molar-refractivity contribution in [2.24, 2.45) is 11.8 Å². The Labute approximate surface area is 89.5 Å². The second-order valence-corrected chi connectivity index (χ2v) is 5.50. The molecular formula is C11H26NS+. The van der Waals surface area contributed by atoms with Crippen LogP contribution in [0.4, 0.5) is 0 Å². The Morgan fingerprint density at radius 1 is 1.23 bits per heavy atom. The molecule has 0 aliphatic carbocycles. The Bertz CT molecular complexity index is 129. The van der Waals surface area contributed by atoms with Gasteiger partial charge in [0.05, 0.1) is 27.7 Å². The monoisotopic (exact) mass is 204 g/mol. The lowest BCUT2D eigenvalue weighted by molar-refractivity contribution is -0.871. The summed E-state index contributed by atoms with van der Waals surface area (Å²) < 4.78 is 1.07. The number of hydrogen-bond acceptors (Lipinski definition) is 1. The standard InChI is InChI=1S/C11H25NS/c1-6-10(2)11(9-13)7-8-12(3,4)5/h10-11H,6-9H2,1-5H3/p+1. The first kappa shape index (κ1) is 13.3. The number of nitrogens with zero attached hydrogens (tertiary/aromatic N) is 1. The van der Waals surface area contributed by atoms with Gasteiger partial charge in [-0.2, -0.15) is 12.6 Å². The summed E-state index contributed by atoms with van der Waals surface area (Å²) >= 11 is 4.43. The van der Waals surface area contributed by atoms with Crippen molar-refractivity contribution in [1.82, 2.24) is 0 Å². The van der Waals surface area contributed by atoms with Gasteiger partial charge < -0.3 is 4.48 Å². The van der Waals surface area contributed by atoms with E-state index in [1.165, 1.54) is 19.4 Å². The van der Waals surface area contributed by atoms with Crippen molar-refractivity contribution in [3.8, 4) is 0 Å². The SMILES string of the molecule is CCC(C)C(CS)CC[N+](C)(C)C. The van der Waals surface area contributed by atoms with E-state index >= 15 is 0 Å². The number of quaternary nitrogens is 1. The van der Waals surface area contributed by atoms with Crippen molar-refractivity contribution in [3.05, 3.63) is 0 Å². The van der Waals surface area contributed by atoms with Crippen LogP contribution in [0.5, 0.6) is 0 Å². The van der Waals surface area contributed by atoms with Gasteiger partial charge in [-0.1, -0.05) is 20.3 Å². The summed E-state index contributed by atoms with van der Waals surface area (Å²) in [7, 11) is 6.77. The third kappa shape index (κ3) is 6.39. The summed E-state index contributed by atoms with van der Waals surface area (Å²) in [6.07, 6.45) is 2.59. The Morgan fingerprint density at radius 2 is 1.77 bits per heavy atom. The highest BCUT2D eigenvalue weighted by Gasteiger charge is 2.17. The van der Waals surface area contributed by atoms with E-state index in [1.54, 1.807) is 0 Å². The molecule has 0 aromatic heterocycles. The lowest BCUT2D eigenvalue weighted by Crippen LogP contribution is -2.37. The van der Waals surface area contributed by atoms with E-state index in [0.29, 0.717) is 0 Å². The molecule has 0 aromatic carbocycles. The van der Waals surface area contributed by atoms with E-state index in [1.807, 2.05) is 0 Å². The normalized spacial score (nSPS) is 17.1. The lowest BCUT2D eigenvalue weighted by Gasteiger charge is -2.28. The van der Waals surface area contributed by atoms with Crippen molar-refractivity contribution >= 4 is 12.6 Å². The average Bonchev–Trinajstić information content (AvgIpc) is 2.03. The first-order chi connectivity index (χ1) is 5.90. The maximum Gasteiger partial charge on any atom is 0.0783 e. The maximum atomic E-state index is 4.43. The second kappa shape index (κ2) is 5.92. The van der Waals surface area contributed by atoms with Crippen molar-refractivity contribution in [2.75, 3.05) is 33.4 Å². The summed E-state index contributed by atoms with van der Waals surface area (Å²) in [5, 5.41) is 0. The zero-order chi connectivity index (χ0) is 10.5. The van der Waals surface area contributed by atoms with Crippen LogP contribution in [0.25, 0.3) is 0 Å². The Balaban J connectivity index is 3.85. The first-order valence-electron chi connectivity index (χ1n) is 5.32. The average molecular weight is 204 g/mol. The zero-order valence-electron chi connectivity index (χ0n) is 9.88. The first-order valence-corrected chi connectivity index (χ1v) is 5.95. The molecule has 2 heteroatoms. The molecule has 0 aliphatic rings. The van der Waals surface area contributed by atoms with Gasteiger partial charge in [0.1, 0.15) is 0 Å². The van der Waals surface area contributed by atoms with Crippen molar-refractivity contribution in [2.45, 2.75) is 26.7 Å². The van der Waals surface area contributed by atoms with Gasteiger partial charge in [0.2, 0.25) is 0 Å². The molecule has 0 saturated heterocycles. The molecule has 2 atom stereocenters. The molecule has 0 bridgehead atoms. The van der Waals surface area contributed by atoms with Gasteiger partial charge >= 0.3 is 0 Å². The van der Waals surface area contributed by atoms with Gasteiger partial charge in [-0.25, -0.2) is 0 Å². The Hall–Kier alpha value is 0.310. The molecule has 0 aromatic rings. The molecule has 0 rings (SSSR count). The molecule has 80 valence electrons. The topological polar surface area (TPSA) is 0 Å². The van der Waals surface area contributed by atoms with E-state index in [-0.39, 0.29) is 0 Å². The number of hydrogen-bond donors (Lipinski definition) is 1. The fourth-order valence-corrected chi connectivity index (χ4v) is 1.98. The summed E-state index contributed by atoms with van der Waals surface area (Å²) in [5.74, 6) is 2.66. The predicted molar refractivity (Wildman–Crippen MR) is 64.3 cm³/mol. The highest BCUT2D eigenvalue weighted by atomic mass is 32.1. The molecule has 0 amide bonds. The minimum Gasteiger partial charge on any atom is -0.331 e. The van der Waals surface area contributed by atoms with Crippen molar-refractivity contribution < 1.29 is 4.48 Å². The van der Waals surface area contributed by atoms with E-state index in [9.17, 15) is 0 Å². The molecule has 2 unspecified atom stereocenters. The van der Waals surface area contributed by atoms with Crippen LogP contribution in [0.1, 0.15) is 26.7 Å². The van der Waals surface area contributed by atoms with Gasteiger partial charge in [-0.3, -0.25) is 0 Å². The third-order valence-corrected chi connectivity index (χ3v) is 3.32. The van der Waals surface area contributed by atoms with E-state index in [0.717, 1.165) is 22.1 Å². The molecular weight excluding hydrogens is 178 g/mol. The summed E-state index contributed by atoms with van der Waals surface area (Å²) in [6.45, 7) is 5.87. The molecule has 0 N–H and O–H groups in total. The summed E-state index contributed by atoms with van der Waals surface area (Å²) in [5.41, 5.74) is 0. The van der Waals surface area contributed by atoms with Gasteiger partial charge in [-0.05, 0) is 17.6 Å². The molecule has 0 radical (unpaired) electrons. The van der Waals surface area contributed by atoms with Crippen LogP contribution < -0.4 is 0 Å². The number of thiol groups is 1. The molecule has 0 fully saturated rings. The number of rotatable bonds is 6. The summed E-state index contributed by atoms with van der Waals surface area (Å²) in [6, 6.07) is 0. The maximum absolute atomic E-state index is 4.43. The highest BCUT2D eigenvalue weighted by molar-refractivity contribution is 7.80. The van der Waals surface area contributed by atoms with Crippen LogP contribution in [-0.2, 0) is 0 Å². The van der Waals surface area contributed by atoms with Crippen LogP contribution in [-0.4, -0.2) is 37.9 Å². The van der Waals surface area contributed by atoms with Gasteiger partial charge in [0.15, 0.2) is 0 Å².